The van der Waals surface area contributed by atoms with Crippen LogP contribution in [0.15, 0.2) is 72.9 Å². The van der Waals surface area contributed by atoms with Gasteiger partial charge in [-0.05, 0) is 60.5 Å². The highest BCUT2D eigenvalue weighted by Gasteiger charge is 2.08. The molecule has 0 spiro atoms. The highest BCUT2D eigenvalue weighted by atomic mass is 35.5. The summed E-state index contributed by atoms with van der Waals surface area (Å²) >= 11 is 6.21. The van der Waals surface area contributed by atoms with Crippen molar-refractivity contribution in [1.29, 1.82) is 5.26 Å². The second-order valence-electron chi connectivity index (χ2n) is 6.45. The van der Waals surface area contributed by atoms with E-state index in [9.17, 15) is 0 Å². The Morgan fingerprint density at radius 2 is 1.89 bits per heavy atom. The number of fused-ring (bicyclic) bond motifs is 1. The number of benzene rings is 3. The molecule has 0 amide bonds. The van der Waals surface area contributed by atoms with Crippen LogP contribution in [0.25, 0.3) is 10.9 Å². The number of halogens is 1. The first-order valence-electron chi connectivity index (χ1n) is 8.65. The average molecular weight is 373 g/mol. The van der Waals surface area contributed by atoms with Crippen LogP contribution >= 0.6 is 11.6 Å². The minimum absolute atomic E-state index is 0.422. The summed E-state index contributed by atoms with van der Waals surface area (Å²) in [5.41, 5.74) is 4.25. The SMILES string of the molecule is Cc1ccccc1Cn1ccc2cc(Oc3ccc(C#N)cc3Cl)ccc21. The van der Waals surface area contributed by atoms with Crippen molar-refractivity contribution < 1.29 is 4.74 Å². The van der Waals surface area contributed by atoms with Gasteiger partial charge in [0.15, 0.2) is 0 Å². The van der Waals surface area contributed by atoms with Crippen LogP contribution < -0.4 is 4.74 Å². The Hall–Kier alpha value is -3.22. The van der Waals surface area contributed by atoms with Gasteiger partial charge >= 0.3 is 0 Å². The van der Waals surface area contributed by atoms with E-state index in [2.05, 4.69) is 60.2 Å². The first-order valence-corrected chi connectivity index (χ1v) is 9.03. The first kappa shape index (κ1) is 17.2. The molecule has 0 radical (unpaired) electrons. The van der Waals surface area contributed by atoms with Gasteiger partial charge in [-0.1, -0.05) is 35.9 Å². The molecular weight excluding hydrogens is 356 g/mol. The largest absolute Gasteiger partial charge is 0.456 e. The molecule has 0 bridgehead atoms. The van der Waals surface area contributed by atoms with Crippen LogP contribution in [-0.2, 0) is 6.54 Å². The van der Waals surface area contributed by atoms with Crippen LogP contribution in [0.2, 0.25) is 5.02 Å². The summed E-state index contributed by atoms with van der Waals surface area (Å²) < 4.78 is 8.15. The van der Waals surface area contributed by atoms with Crippen LogP contribution in [0, 0.1) is 18.3 Å². The first-order chi connectivity index (χ1) is 13.1. The summed E-state index contributed by atoms with van der Waals surface area (Å²) in [6.07, 6.45) is 2.09. The van der Waals surface area contributed by atoms with E-state index in [0.717, 1.165) is 17.4 Å². The van der Waals surface area contributed by atoms with Crippen molar-refractivity contribution in [2.24, 2.45) is 0 Å². The lowest BCUT2D eigenvalue weighted by molar-refractivity contribution is 0.483. The predicted molar refractivity (Wildman–Crippen MR) is 108 cm³/mol. The molecule has 4 heteroatoms. The van der Waals surface area contributed by atoms with E-state index >= 15 is 0 Å². The molecule has 0 aliphatic carbocycles. The Balaban J connectivity index is 1.61. The van der Waals surface area contributed by atoms with E-state index in [1.807, 2.05) is 12.1 Å². The lowest BCUT2D eigenvalue weighted by Gasteiger charge is -2.10. The van der Waals surface area contributed by atoms with Gasteiger partial charge in [0.1, 0.15) is 11.5 Å². The van der Waals surface area contributed by atoms with Crippen molar-refractivity contribution in [3.05, 3.63) is 94.6 Å². The summed E-state index contributed by atoms with van der Waals surface area (Å²) in [4.78, 5) is 0. The zero-order valence-corrected chi connectivity index (χ0v) is 15.6. The summed E-state index contributed by atoms with van der Waals surface area (Å²) in [5, 5.41) is 10.5. The Morgan fingerprint density at radius 3 is 2.67 bits per heavy atom. The quantitative estimate of drug-likeness (QED) is 0.420. The van der Waals surface area contributed by atoms with Crippen molar-refractivity contribution in [2.45, 2.75) is 13.5 Å². The third-order valence-corrected chi connectivity index (χ3v) is 4.93. The Morgan fingerprint density at radius 1 is 1.04 bits per heavy atom. The van der Waals surface area contributed by atoms with Crippen molar-refractivity contribution in [2.75, 3.05) is 0 Å². The minimum atomic E-state index is 0.422. The maximum Gasteiger partial charge on any atom is 0.146 e. The average Bonchev–Trinajstić information content (AvgIpc) is 3.07. The van der Waals surface area contributed by atoms with Gasteiger partial charge in [0.05, 0.1) is 16.7 Å². The topological polar surface area (TPSA) is 38.0 Å². The number of nitrogens with zero attached hydrogens (tertiary/aromatic N) is 2. The van der Waals surface area contributed by atoms with E-state index in [1.165, 1.54) is 11.1 Å². The Bertz CT molecular complexity index is 1170. The molecule has 0 N–H and O–H groups in total. The molecule has 4 aromatic rings. The fourth-order valence-electron chi connectivity index (χ4n) is 3.13. The summed E-state index contributed by atoms with van der Waals surface area (Å²) in [6.45, 7) is 2.96. The second kappa shape index (κ2) is 7.19. The predicted octanol–water partition coefficient (Wildman–Crippen LogP) is 6.32. The van der Waals surface area contributed by atoms with Crippen molar-refractivity contribution in [1.82, 2.24) is 4.57 Å². The molecule has 0 saturated heterocycles. The van der Waals surface area contributed by atoms with Gasteiger partial charge in [0.2, 0.25) is 0 Å². The standard InChI is InChI=1S/C23H17ClN2O/c1-16-4-2-3-5-19(16)15-26-11-10-18-13-20(7-8-22(18)26)27-23-9-6-17(14-25)12-21(23)24/h2-13H,15H2,1H3. The van der Waals surface area contributed by atoms with Crippen molar-refractivity contribution >= 4 is 22.5 Å². The van der Waals surface area contributed by atoms with E-state index in [-0.39, 0.29) is 0 Å². The number of rotatable bonds is 4. The Labute approximate surface area is 163 Å². The van der Waals surface area contributed by atoms with Crippen LogP contribution in [-0.4, -0.2) is 4.57 Å². The van der Waals surface area contributed by atoms with Gasteiger partial charge in [-0.15, -0.1) is 0 Å². The molecule has 27 heavy (non-hydrogen) atoms. The van der Waals surface area contributed by atoms with Crippen LogP contribution in [0.4, 0.5) is 0 Å². The monoisotopic (exact) mass is 372 g/mol. The molecule has 0 saturated carbocycles. The smallest absolute Gasteiger partial charge is 0.146 e. The number of ether oxygens (including phenoxy) is 1. The molecule has 0 fully saturated rings. The summed E-state index contributed by atoms with van der Waals surface area (Å²) in [6, 6.07) is 23.6. The van der Waals surface area contributed by atoms with Gasteiger partial charge in [0.25, 0.3) is 0 Å². The molecule has 0 atom stereocenters. The van der Waals surface area contributed by atoms with E-state index in [0.29, 0.717) is 22.1 Å². The summed E-state index contributed by atoms with van der Waals surface area (Å²) in [5.74, 6) is 1.25. The lowest BCUT2D eigenvalue weighted by Crippen LogP contribution is -1.99. The minimum Gasteiger partial charge on any atom is -0.456 e. The van der Waals surface area contributed by atoms with E-state index in [4.69, 9.17) is 21.6 Å². The Kier molecular flexibility index (Phi) is 4.58. The van der Waals surface area contributed by atoms with Gasteiger partial charge in [-0.3, -0.25) is 0 Å². The molecule has 0 aliphatic heterocycles. The molecule has 1 aromatic heterocycles. The van der Waals surface area contributed by atoms with E-state index in [1.54, 1.807) is 18.2 Å². The maximum atomic E-state index is 8.93. The molecule has 132 valence electrons. The fraction of sp³-hybridized carbons (Fsp3) is 0.0870. The number of nitriles is 1. The molecule has 0 unspecified atom stereocenters. The highest BCUT2D eigenvalue weighted by molar-refractivity contribution is 6.32. The number of aryl methyl sites for hydroxylation is 1. The summed E-state index contributed by atoms with van der Waals surface area (Å²) in [7, 11) is 0. The van der Waals surface area contributed by atoms with Gasteiger partial charge < -0.3 is 9.30 Å². The molecule has 0 aliphatic rings. The number of hydrogen-bond donors (Lipinski definition) is 0. The fourth-order valence-corrected chi connectivity index (χ4v) is 3.35. The van der Waals surface area contributed by atoms with Gasteiger partial charge in [-0.2, -0.15) is 5.26 Å². The third-order valence-electron chi connectivity index (χ3n) is 4.63. The normalized spacial score (nSPS) is 10.7. The van der Waals surface area contributed by atoms with Crippen LogP contribution in [0.5, 0.6) is 11.5 Å². The third kappa shape index (κ3) is 3.53. The second-order valence-corrected chi connectivity index (χ2v) is 6.86. The highest BCUT2D eigenvalue weighted by Crippen LogP contribution is 2.32. The van der Waals surface area contributed by atoms with Gasteiger partial charge in [-0.25, -0.2) is 0 Å². The van der Waals surface area contributed by atoms with Crippen LogP contribution in [0.3, 0.4) is 0 Å². The van der Waals surface area contributed by atoms with Gasteiger partial charge in [0, 0.05) is 23.6 Å². The molecular formula is C23H17ClN2O. The van der Waals surface area contributed by atoms with Crippen molar-refractivity contribution in [3.8, 4) is 17.6 Å². The molecule has 4 rings (SSSR count). The maximum absolute atomic E-state index is 8.93. The molecule has 3 aromatic carbocycles. The van der Waals surface area contributed by atoms with Crippen LogP contribution in [0.1, 0.15) is 16.7 Å². The molecule has 1 heterocycles. The molecule has 3 nitrogen and oxygen atoms in total. The lowest BCUT2D eigenvalue weighted by atomic mass is 10.1. The number of aromatic nitrogens is 1. The van der Waals surface area contributed by atoms with Crippen molar-refractivity contribution in [3.63, 3.8) is 0 Å². The zero-order chi connectivity index (χ0) is 18.8. The van der Waals surface area contributed by atoms with E-state index < -0.39 is 0 Å². The zero-order valence-electron chi connectivity index (χ0n) is 14.8. The number of hydrogen-bond acceptors (Lipinski definition) is 2.